The van der Waals surface area contributed by atoms with Gasteiger partial charge in [-0.05, 0) is 0 Å². The summed E-state index contributed by atoms with van der Waals surface area (Å²) in [6, 6.07) is 10.3. The second-order valence-electron chi connectivity index (χ2n) is 11.8. The fraction of sp³-hybridized carbons (Fsp3) is 0.440. The van der Waals surface area contributed by atoms with Gasteiger partial charge in [-0.1, -0.05) is 30.3 Å². The van der Waals surface area contributed by atoms with Crippen LogP contribution in [0.2, 0.25) is 0 Å². The van der Waals surface area contributed by atoms with Gasteiger partial charge in [0.2, 0.25) is 0 Å². The molecule has 0 aliphatic carbocycles. The average Bonchev–Trinajstić information content (AvgIpc) is 3.74. The van der Waals surface area contributed by atoms with Gasteiger partial charge in [0, 0.05) is 30.1 Å². The largest absolute Gasteiger partial charge is 0.490 e. The fourth-order valence-electron chi connectivity index (χ4n) is 5.62. The molecule has 13 atom stereocenters. The van der Waals surface area contributed by atoms with Crippen molar-refractivity contribution in [2.24, 2.45) is 0 Å². The number of aliphatic hydroxyl groups excluding tert-OH is 2. The van der Waals surface area contributed by atoms with Crippen molar-refractivity contribution in [3.05, 3.63) is 102 Å². The van der Waals surface area contributed by atoms with Crippen molar-refractivity contribution in [3.8, 4) is 0 Å². The number of hydrogen-bond donors (Lipinski definition) is 8. The van der Waals surface area contributed by atoms with Gasteiger partial charge in [0.25, 0.3) is 11.1 Å². The number of nitrogens with zero attached hydrogens (tertiary/aromatic N) is 2. The van der Waals surface area contributed by atoms with Crippen molar-refractivity contribution in [2.45, 2.75) is 55.4 Å². The van der Waals surface area contributed by atoms with Crippen molar-refractivity contribution in [2.75, 3.05) is 13.2 Å². The Morgan fingerprint density at radius 1 is 0.589 bits per heavy atom. The van der Waals surface area contributed by atoms with Crippen LogP contribution in [-0.2, 0) is 59.2 Å². The second kappa shape index (κ2) is 16.3. The van der Waals surface area contributed by atoms with Crippen molar-refractivity contribution < 1.29 is 89.0 Å². The zero-order valence-electron chi connectivity index (χ0n) is 27.6. The SMILES string of the molecule is O=c1ccn([C@@H]2O[C@H](COP(=O)(O)OP(=O)(O)OP(=O)(O)OP(=O)(O)OC[C@@H]3O[C@H](n4ccc(=O)[nH]c4=O)[C@@H](O)[C@H]3O)[C@H]3OC(c4ccccc4)O[C@H]32)c(=O)[nH]1. The molecule has 56 heavy (non-hydrogen) atoms. The Morgan fingerprint density at radius 2 is 1.05 bits per heavy atom. The Kier molecular flexibility index (Phi) is 12.4. The first-order valence-corrected chi connectivity index (χ1v) is 21.5. The molecule has 0 spiro atoms. The molecule has 6 rings (SSSR count). The molecule has 31 heteroatoms. The number of aromatic nitrogens is 4. The number of fused-ring (bicyclic) bond motifs is 1. The predicted molar refractivity (Wildman–Crippen MR) is 176 cm³/mol. The molecular formula is C25H30N4O23P4. The van der Waals surface area contributed by atoms with Crippen LogP contribution in [0.4, 0.5) is 0 Å². The van der Waals surface area contributed by atoms with Crippen LogP contribution >= 0.6 is 31.3 Å². The van der Waals surface area contributed by atoms with Gasteiger partial charge in [-0.15, -0.1) is 0 Å². The number of rotatable bonds is 15. The quantitative estimate of drug-likeness (QED) is 0.0811. The number of ether oxygens (including phenoxy) is 4. The third-order valence-electron chi connectivity index (χ3n) is 7.93. The van der Waals surface area contributed by atoms with Crippen molar-refractivity contribution in [1.82, 2.24) is 19.1 Å². The van der Waals surface area contributed by atoms with Gasteiger partial charge in [-0.25, -0.2) is 27.8 Å². The summed E-state index contributed by atoms with van der Waals surface area (Å²) in [6.07, 6.45) is -11.2. The van der Waals surface area contributed by atoms with E-state index in [4.69, 9.17) is 23.5 Å². The summed E-state index contributed by atoms with van der Waals surface area (Å²) < 4.78 is 95.4. The molecule has 3 aliphatic heterocycles. The maximum atomic E-state index is 12.7. The normalized spacial score (nSPS) is 31.9. The smallest absolute Gasteiger partial charge is 0.387 e. The number of hydrogen-bond acceptors (Lipinski definition) is 19. The van der Waals surface area contributed by atoms with E-state index < -0.39 is 122 Å². The maximum Gasteiger partial charge on any atom is 0.490 e. The van der Waals surface area contributed by atoms with Crippen LogP contribution in [0.1, 0.15) is 24.3 Å². The summed E-state index contributed by atoms with van der Waals surface area (Å²) >= 11 is 0. The maximum absolute atomic E-state index is 12.7. The number of aromatic amines is 2. The number of H-pyrrole nitrogens is 2. The summed E-state index contributed by atoms with van der Waals surface area (Å²) in [5.41, 5.74) is -3.00. The molecule has 3 saturated heterocycles. The molecule has 0 bridgehead atoms. The summed E-state index contributed by atoms with van der Waals surface area (Å²) in [4.78, 5) is 91.4. The van der Waals surface area contributed by atoms with E-state index in [2.05, 4.69) is 17.5 Å². The van der Waals surface area contributed by atoms with E-state index in [1.807, 2.05) is 9.97 Å². The van der Waals surface area contributed by atoms with Crippen LogP contribution < -0.4 is 22.5 Å². The van der Waals surface area contributed by atoms with Crippen LogP contribution in [0.25, 0.3) is 0 Å². The van der Waals surface area contributed by atoms with Gasteiger partial charge < -0.3 is 48.7 Å². The van der Waals surface area contributed by atoms with Crippen LogP contribution in [0.15, 0.2) is 74.0 Å². The van der Waals surface area contributed by atoms with Gasteiger partial charge in [0.05, 0.1) is 13.2 Å². The standard InChI is InChI=1S/C25H30N4O23P4/c30-15-6-8-28(24(34)26-15)21-18(33)17(32)13(46-21)10-44-53(36,37)50-55(40,41)52-56(42,43)51-54(38,39)45-11-14-19-20(49-23(48-19)12-4-2-1-3-5-12)22(47-14)29-9-7-16(31)27-25(29)35/h1-9,13-14,17-23,32-33H,10-11H2,(H,36,37)(H,38,39)(H,40,41)(H,42,43)(H,26,30,34)(H,27,31,35)/t13-,14+,17-,18-,19+,20+,21-,22+,23?/m0/s1. The molecule has 8 N–H and O–H groups in total. The molecule has 308 valence electrons. The first kappa shape index (κ1) is 42.5. The van der Waals surface area contributed by atoms with Crippen LogP contribution in [0, 0.1) is 0 Å². The Labute approximate surface area is 309 Å². The lowest BCUT2D eigenvalue weighted by molar-refractivity contribution is -0.154. The van der Waals surface area contributed by atoms with E-state index in [9.17, 15) is 67.2 Å². The number of aliphatic hydroxyl groups is 2. The molecule has 1 aromatic carbocycles. The number of phosphoric ester groups is 2. The third-order valence-corrected chi connectivity index (χ3v) is 13.8. The van der Waals surface area contributed by atoms with Gasteiger partial charge in [-0.2, -0.15) is 12.9 Å². The minimum absolute atomic E-state index is 0.523. The Morgan fingerprint density at radius 3 is 1.59 bits per heavy atom. The monoisotopic (exact) mass is 878 g/mol. The highest BCUT2D eigenvalue weighted by atomic mass is 31.3. The van der Waals surface area contributed by atoms with Crippen molar-refractivity contribution in [1.29, 1.82) is 0 Å². The molecule has 3 fully saturated rings. The van der Waals surface area contributed by atoms with E-state index in [1.54, 1.807) is 30.3 Å². The molecule has 0 amide bonds. The predicted octanol–water partition coefficient (Wildman–Crippen LogP) is -1.43. The first-order valence-electron chi connectivity index (χ1n) is 15.5. The molecule has 27 nitrogen and oxygen atoms in total. The lowest BCUT2D eigenvalue weighted by atomic mass is 10.1. The molecule has 0 radical (unpaired) electrons. The van der Waals surface area contributed by atoms with E-state index >= 15 is 0 Å². The topological polar surface area (TPSA) is 382 Å². The first-order chi connectivity index (χ1) is 26.1. The zero-order chi connectivity index (χ0) is 40.8. The van der Waals surface area contributed by atoms with E-state index in [-0.39, 0.29) is 0 Å². The van der Waals surface area contributed by atoms with Gasteiger partial charge in [0.15, 0.2) is 18.7 Å². The zero-order valence-corrected chi connectivity index (χ0v) is 31.2. The Balaban J connectivity index is 1.05. The number of nitrogens with one attached hydrogen (secondary N) is 2. The van der Waals surface area contributed by atoms with E-state index in [0.717, 1.165) is 29.1 Å². The summed E-state index contributed by atoms with van der Waals surface area (Å²) in [7, 11) is -24.1. The molecule has 3 aromatic rings. The van der Waals surface area contributed by atoms with Crippen molar-refractivity contribution in [3.63, 3.8) is 0 Å². The average molecular weight is 878 g/mol. The molecule has 5 heterocycles. The highest BCUT2D eigenvalue weighted by Gasteiger charge is 2.55. The summed E-state index contributed by atoms with van der Waals surface area (Å²) in [5.74, 6) is 0. The number of phosphoric acid groups is 4. The van der Waals surface area contributed by atoms with Crippen LogP contribution in [0.3, 0.4) is 0 Å². The molecule has 3 aliphatic rings. The lowest BCUT2D eigenvalue weighted by Crippen LogP contribution is -2.37. The Hall–Kier alpha value is -3.10. The molecule has 0 saturated carbocycles. The molecule has 2 aromatic heterocycles. The fourth-order valence-corrected chi connectivity index (χ4v) is 10.6. The van der Waals surface area contributed by atoms with Crippen LogP contribution in [0.5, 0.6) is 0 Å². The van der Waals surface area contributed by atoms with E-state index in [1.165, 1.54) is 0 Å². The molecule has 5 unspecified atom stereocenters. The highest BCUT2D eigenvalue weighted by Crippen LogP contribution is 2.71. The lowest BCUT2D eigenvalue weighted by Gasteiger charge is -2.23. The Bertz CT molecular complexity index is 2350. The minimum atomic E-state index is -6.24. The second-order valence-corrected chi connectivity index (χ2v) is 18.0. The summed E-state index contributed by atoms with van der Waals surface area (Å²) in [6.45, 7) is -2.19. The number of benzene rings is 1. The van der Waals surface area contributed by atoms with E-state index in [0.29, 0.717) is 10.1 Å². The summed E-state index contributed by atoms with van der Waals surface area (Å²) in [5, 5.41) is 20.5. The minimum Gasteiger partial charge on any atom is -0.387 e. The van der Waals surface area contributed by atoms with Crippen LogP contribution in [-0.4, -0.2) is 98.7 Å². The van der Waals surface area contributed by atoms with Gasteiger partial charge >= 0.3 is 42.7 Å². The van der Waals surface area contributed by atoms with Gasteiger partial charge in [0.1, 0.15) is 36.6 Å². The van der Waals surface area contributed by atoms with Gasteiger partial charge in [-0.3, -0.25) is 37.7 Å². The van der Waals surface area contributed by atoms with Crippen molar-refractivity contribution >= 4 is 31.3 Å². The highest BCUT2D eigenvalue weighted by molar-refractivity contribution is 7.69. The third kappa shape index (κ3) is 9.94. The molecular weight excluding hydrogens is 848 g/mol.